The van der Waals surface area contributed by atoms with Crippen LogP contribution in [0, 0.1) is 5.92 Å². The van der Waals surface area contributed by atoms with Gasteiger partial charge in [0.2, 0.25) is 5.91 Å². The van der Waals surface area contributed by atoms with Crippen molar-refractivity contribution in [3.8, 4) is 0 Å². The van der Waals surface area contributed by atoms with Gasteiger partial charge in [-0.15, -0.1) is 0 Å². The van der Waals surface area contributed by atoms with Gasteiger partial charge >= 0.3 is 0 Å². The van der Waals surface area contributed by atoms with Crippen molar-refractivity contribution in [1.82, 2.24) is 4.90 Å². The second kappa shape index (κ2) is 3.01. The largest absolute Gasteiger partial charge is 0.341 e. The molecule has 0 bridgehead atoms. The lowest BCUT2D eigenvalue weighted by atomic mass is 10.2. The van der Waals surface area contributed by atoms with E-state index in [1.807, 2.05) is 4.90 Å². The zero-order valence-corrected chi connectivity index (χ0v) is 6.34. The smallest absolute Gasteiger partial charge is 0.236 e. The Morgan fingerprint density at radius 1 is 1.80 bits per heavy atom. The molecular weight excluding hydrogens is 128 g/mol. The molecule has 0 spiro atoms. The second-order valence-electron chi connectivity index (χ2n) is 2.94. The van der Waals surface area contributed by atoms with Crippen molar-refractivity contribution in [2.24, 2.45) is 11.7 Å². The lowest BCUT2D eigenvalue weighted by Gasteiger charge is -2.13. The van der Waals surface area contributed by atoms with Crippen LogP contribution in [0.2, 0.25) is 0 Å². The first-order chi connectivity index (χ1) is 4.74. The number of hydrogen-bond donors (Lipinski definition) is 1. The summed E-state index contributed by atoms with van der Waals surface area (Å²) in [5.74, 6) is 0.750. The molecule has 3 nitrogen and oxygen atoms in total. The SMILES string of the molecule is CC1CCN(C(=O)CN)C1. The van der Waals surface area contributed by atoms with Crippen molar-refractivity contribution < 1.29 is 4.79 Å². The van der Waals surface area contributed by atoms with E-state index < -0.39 is 0 Å². The number of rotatable bonds is 1. The van der Waals surface area contributed by atoms with Gasteiger partial charge in [-0.3, -0.25) is 4.79 Å². The zero-order valence-electron chi connectivity index (χ0n) is 6.34. The molecule has 0 aromatic carbocycles. The molecule has 58 valence electrons. The van der Waals surface area contributed by atoms with E-state index in [0.717, 1.165) is 19.5 Å². The van der Waals surface area contributed by atoms with Crippen LogP contribution in [0.4, 0.5) is 0 Å². The number of nitrogens with zero attached hydrogens (tertiary/aromatic N) is 1. The van der Waals surface area contributed by atoms with E-state index in [9.17, 15) is 4.79 Å². The van der Waals surface area contributed by atoms with Crippen LogP contribution in [-0.2, 0) is 4.79 Å². The van der Waals surface area contributed by atoms with Gasteiger partial charge in [0.1, 0.15) is 0 Å². The Bertz CT molecular complexity index is 136. The van der Waals surface area contributed by atoms with Crippen molar-refractivity contribution >= 4 is 5.91 Å². The van der Waals surface area contributed by atoms with E-state index in [0.29, 0.717) is 5.92 Å². The minimum Gasteiger partial charge on any atom is -0.341 e. The Morgan fingerprint density at radius 2 is 2.50 bits per heavy atom. The third-order valence-electron chi connectivity index (χ3n) is 1.95. The Labute approximate surface area is 61.2 Å². The predicted molar refractivity (Wildman–Crippen MR) is 39.4 cm³/mol. The zero-order chi connectivity index (χ0) is 7.56. The van der Waals surface area contributed by atoms with E-state index in [-0.39, 0.29) is 12.5 Å². The van der Waals surface area contributed by atoms with Gasteiger partial charge < -0.3 is 10.6 Å². The van der Waals surface area contributed by atoms with Crippen molar-refractivity contribution in [3.05, 3.63) is 0 Å². The first-order valence-corrected chi connectivity index (χ1v) is 3.72. The Hall–Kier alpha value is -0.570. The van der Waals surface area contributed by atoms with Gasteiger partial charge in [-0.05, 0) is 12.3 Å². The summed E-state index contributed by atoms with van der Waals surface area (Å²) in [5, 5.41) is 0. The molecule has 1 heterocycles. The topological polar surface area (TPSA) is 46.3 Å². The molecule has 0 aromatic heterocycles. The van der Waals surface area contributed by atoms with E-state index in [1.165, 1.54) is 0 Å². The second-order valence-corrected chi connectivity index (χ2v) is 2.94. The van der Waals surface area contributed by atoms with Crippen LogP contribution in [0.5, 0.6) is 0 Å². The summed E-state index contributed by atoms with van der Waals surface area (Å²) in [6.07, 6.45) is 1.13. The summed E-state index contributed by atoms with van der Waals surface area (Å²) in [7, 11) is 0. The van der Waals surface area contributed by atoms with Crippen LogP contribution in [-0.4, -0.2) is 30.4 Å². The maximum absolute atomic E-state index is 11.0. The van der Waals surface area contributed by atoms with Gasteiger partial charge in [0.05, 0.1) is 6.54 Å². The fraction of sp³-hybridized carbons (Fsp3) is 0.857. The van der Waals surface area contributed by atoms with Crippen LogP contribution < -0.4 is 5.73 Å². The van der Waals surface area contributed by atoms with Crippen LogP contribution in [0.15, 0.2) is 0 Å². The molecule has 1 aliphatic heterocycles. The fourth-order valence-electron chi connectivity index (χ4n) is 1.29. The number of carbonyl (C=O) groups excluding carboxylic acids is 1. The van der Waals surface area contributed by atoms with E-state index in [4.69, 9.17) is 5.73 Å². The summed E-state index contributed by atoms with van der Waals surface area (Å²) < 4.78 is 0. The first-order valence-electron chi connectivity index (χ1n) is 3.72. The third-order valence-corrected chi connectivity index (χ3v) is 1.95. The highest BCUT2D eigenvalue weighted by Crippen LogP contribution is 2.14. The molecule has 3 heteroatoms. The molecule has 1 atom stereocenters. The van der Waals surface area contributed by atoms with Gasteiger partial charge in [-0.25, -0.2) is 0 Å². The summed E-state index contributed by atoms with van der Waals surface area (Å²) in [6, 6.07) is 0. The Kier molecular flexibility index (Phi) is 2.27. The van der Waals surface area contributed by atoms with Crippen molar-refractivity contribution in [2.45, 2.75) is 13.3 Å². The molecule has 1 aliphatic rings. The lowest BCUT2D eigenvalue weighted by Crippen LogP contribution is -2.33. The molecule has 2 N–H and O–H groups in total. The summed E-state index contributed by atoms with van der Waals surface area (Å²) in [5.41, 5.74) is 5.21. The van der Waals surface area contributed by atoms with Crippen LogP contribution in [0.25, 0.3) is 0 Å². The molecule has 1 fully saturated rings. The minimum absolute atomic E-state index is 0.0874. The van der Waals surface area contributed by atoms with Crippen LogP contribution >= 0.6 is 0 Å². The highest BCUT2D eigenvalue weighted by molar-refractivity contribution is 5.78. The van der Waals surface area contributed by atoms with Crippen molar-refractivity contribution in [3.63, 3.8) is 0 Å². The summed E-state index contributed by atoms with van der Waals surface area (Å²) >= 11 is 0. The molecule has 0 radical (unpaired) electrons. The van der Waals surface area contributed by atoms with Gasteiger partial charge in [-0.1, -0.05) is 6.92 Å². The molecular formula is C7H14N2O. The highest BCUT2D eigenvalue weighted by atomic mass is 16.2. The molecule has 1 unspecified atom stereocenters. The van der Waals surface area contributed by atoms with Crippen molar-refractivity contribution in [1.29, 1.82) is 0 Å². The molecule has 0 aliphatic carbocycles. The monoisotopic (exact) mass is 142 g/mol. The van der Waals surface area contributed by atoms with E-state index >= 15 is 0 Å². The highest BCUT2D eigenvalue weighted by Gasteiger charge is 2.21. The molecule has 1 amide bonds. The first kappa shape index (κ1) is 7.54. The van der Waals surface area contributed by atoms with Crippen molar-refractivity contribution in [2.75, 3.05) is 19.6 Å². The number of amides is 1. The molecule has 10 heavy (non-hydrogen) atoms. The normalized spacial score (nSPS) is 25.4. The van der Waals surface area contributed by atoms with Gasteiger partial charge in [0.15, 0.2) is 0 Å². The molecule has 0 saturated carbocycles. The quantitative estimate of drug-likeness (QED) is 0.551. The number of nitrogens with two attached hydrogens (primary N) is 1. The summed E-state index contributed by atoms with van der Waals surface area (Å²) in [4.78, 5) is 12.8. The Morgan fingerprint density at radius 3 is 2.90 bits per heavy atom. The number of hydrogen-bond acceptors (Lipinski definition) is 2. The maximum atomic E-state index is 11.0. The third kappa shape index (κ3) is 1.48. The van der Waals surface area contributed by atoms with Crippen LogP contribution in [0.3, 0.4) is 0 Å². The average Bonchev–Trinajstić information content (AvgIpc) is 2.34. The van der Waals surface area contributed by atoms with Gasteiger partial charge in [-0.2, -0.15) is 0 Å². The standard InChI is InChI=1S/C7H14N2O/c1-6-2-3-9(5-6)7(10)4-8/h6H,2-5,8H2,1H3. The summed E-state index contributed by atoms with van der Waals surface area (Å²) in [6.45, 7) is 4.11. The molecule has 0 aromatic rings. The lowest BCUT2D eigenvalue weighted by molar-refractivity contribution is -0.128. The predicted octanol–water partition coefficient (Wildman–Crippen LogP) is -0.187. The number of likely N-dealkylation sites (tertiary alicyclic amines) is 1. The van der Waals surface area contributed by atoms with Gasteiger partial charge in [0.25, 0.3) is 0 Å². The number of carbonyl (C=O) groups is 1. The molecule has 1 rings (SSSR count). The molecule has 1 saturated heterocycles. The van der Waals surface area contributed by atoms with E-state index in [1.54, 1.807) is 0 Å². The van der Waals surface area contributed by atoms with Crippen LogP contribution in [0.1, 0.15) is 13.3 Å². The maximum Gasteiger partial charge on any atom is 0.236 e. The van der Waals surface area contributed by atoms with E-state index in [2.05, 4.69) is 6.92 Å². The fourth-order valence-corrected chi connectivity index (χ4v) is 1.29. The average molecular weight is 142 g/mol. The minimum atomic E-state index is 0.0874. The van der Waals surface area contributed by atoms with Gasteiger partial charge in [0, 0.05) is 13.1 Å². The Balaban J connectivity index is 2.37.